The number of hydrogen-bond acceptors (Lipinski definition) is 2. The first-order valence-electron chi connectivity index (χ1n) is 13.7. The summed E-state index contributed by atoms with van der Waals surface area (Å²) in [4.78, 5) is 0. The first kappa shape index (κ1) is 31.5. The monoisotopic (exact) mass is 456 g/mol. The fraction of sp³-hybridized carbons (Fsp3) is 0.742. The lowest BCUT2D eigenvalue weighted by molar-refractivity contribution is 0.280. The number of unbranched alkanes of at least 4 members (excludes halogenated alkanes) is 15. The molecular formula is C31H52O2. The van der Waals surface area contributed by atoms with Crippen molar-refractivity contribution in [3.8, 4) is 24.7 Å². The van der Waals surface area contributed by atoms with E-state index in [1.54, 1.807) is 12.2 Å². The van der Waals surface area contributed by atoms with Crippen molar-refractivity contribution >= 4 is 0 Å². The Hall–Kier alpha value is -1.48. The lowest BCUT2D eigenvalue weighted by Crippen LogP contribution is -1.95. The van der Waals surface area contributed by atoms with E-state index in [1.807, 2.05) is 12.2 Å². The van der Waals surface area contributed by atoms with Crippen molar-refractivity contribution < 1.29 is 10.2 Å². The molecule has 188 valence electrons. The number of rotatable bonds is 23. The van der Waals surface area contributed by atoms with E-state index in [1.165, 1.54) is 109 Å². The van der Waals surface area contributed by atoms with E-state index in [2.05, 4.69) is 18.8 Å². The van der Waals surface area contributed by atoms with Crippen LogP contribution >= 0.6 is 0 Å². The Bertz CT molecular complexity index is 548. The molecule has 0 radical (unpaired) electrons. The topological polar surface area (TPSA) is 40.5 Å². The molecule has 0 heterocycles. The van der Waals surface area contributed by atoms with Gasteiger partial charge in [0, 0.05) is 0 Å². The highest BCUT2D eigenvalue weighted by Gasteiger charge is 2.02. The molecular weight excluding hydrogens is 404 g/mol. The van der Waals surface area contributed by atoms with Crippen LogP contribution in [0.25, 0.3) is 0 Å². The van der Waals surface area contributed by atoms with Crippen molar-refractivity contribution in [2.75, 3.05) is 0 Å². The maximum atomic E-state index is 9.23. The molecule has 0 rings (SSSR count). The van der Waals surface area contributed by atoms with Crippen LogP contribution in [0.2, 0.25) is 0 Å². The Morgan fingerprint density at radius 3 is 1.18 bits per heavy atom. The lowest BCUT2D eigenvalue weighted by atomic mass is 9.95. The van der Waals surface area contributed by atoms with Crippen molar-refractivity contribution in [1.82, 2.24) is 0 Å². The number of aliphatic hydroxyl groups is 2. The molecule has 0 aliphatic carbocycles. The summed E-state index contributed by atoms with van der Waals surface area (Å²) < 4.78 is 0. The molecule has 0 spiro atoms. The summed E-state index contributed by atoms with van der Waals surface area (Å²) in [7, 11) is 0. The minimum Gasteiger partial charge on any atom is -0.377 e. The first-order chi connectivity index (χ1) is 16.1. The summed E-state index contributed by atoms with van der Waals surface area (Å²) in [6, 6.07) is 0. The van der Waals surface area contributed by atoms with Gasteiger partial charge in [-0.05, 0) is 43.8 Å². The van der Waals surface area contributed by atoms with Gasteiger partial charge in [-0.3, -0.25) is 0 Å². The van der Waals surface area contributed by atoms with Crippen LogP contribution in [0.5, 0.6) is 0 Å². The summed E-state index contributed by atoms with van der Waals surface area (Å²) in [5, 5.41) is 18.5. The Morgan fingerprint density at radius 2 is 0.848 bits per heavy atom. The summed E-state index contributed by atoms with van der Waals surface area (Å²) in [6.45, 7) is 2.43. The Balaban J connectivity index is 3.27. The molecule has 0 fully saturated rings. The molecule has 0 bridgehead atoms. The molecule has 0 saturated carbocycles. The number of aliphatic hydroxyl groups excluding tert-OH is 2. The lowest BCUT2D eigenvalue weighted by Gasteiger charge is -2.11. The molecule has 3 unspecified atom stereocenters. The highest BCUT2D eigenvalue weighted by Crippen LogP contribution is 2.19. The maximum absolute atomic E-state index is 9.23. The standard InChI is InChI=1S/C31H52O2/c1-4-30(32)27-23-19-15-10-8-6-7-9-13-17-21-25-29(3)26-22-18-14-11-12-16-20-24-28-31(33)5-2/h1-2,23-24,27-33H,6-22,25-26H2,3H3. The highest BCUT2D eigenvalue weighted by molar-refractivity contribution is 5.06. The van der Waals surface area contributed by atoms with Crippen molar-refractivity contribution in [3.63, 3.8) is 0 Å². The molecule has 0 aliphatic rings. The maximum Gasteiger partial charge on any atom is 0.133 e. The second-order valence-electron chi connectivity index (χ2n) is 9.64. The van der Waals surface area contributed by atoms with Crippen LogP contribution in [-0.4, -0.2) is 22.4 Å². The van der Waals surface area contributed by atoms with E-state index in [-0.39, 0.29) is 0 Å². The highest BCUT2D eigenvalue weighted by atomic mass is 16.3. The molecule has 2 nitrogen and oxygen atoms in total. The van der Waals surface area contributed by atoms with Gasteiger partial charge < -0.3 is 10.2 Å². The fourth-order valence-corrected chi connectivity index (χ4v) is 4.16. The fourth-order valence-electron chi connectivity index (χ4n) is 4.16. The quantitative estimate of drug-likeness (QED) is 0.0925. The van der Waals surface area contributed by atoms with Gasteiger partial charge >= 0.3 is 0 Å². The van der Waals surface area contributed by atoms with Gasteiger partial charge in [0.05, 0.1) is 0 Å². The molecule has 0 aromatic heterocycles. The van der Waals surface area contributed by atoms with Gasteiger partial charge in [0.2, 0.25) is 0 Å². The summed E-state index contributed by atoms with van der Waals surface area (Å²) in [5.41, 5.74) is 0. The van der Waals surface area contributed by atoms with Crippen LogP contribution in [0.15, 0.2) is 24.3 Å². The van der Waals surface area contributed by atoms with E-state index in [0.29, 0.717) is 0 Å². The summed E-state index contributed by atoms with van der Waals surface area (Å²) in [6.07, 6.45) is 41.1. The van der Waals surface area contributed by atoms with Crippen LogP contribution in [0.1, 0.15) is 129 Å². The predicted octanol–water partition coefficient (Wildman–Crippen LogP) is 8.14. The molecule has 2 heteroatoms. The number of allylic oxidation sites excluding steroid dienone is 2. The predicted molar refractivity (Wildman–Crippen MR) is 145 cm³/mol. The van der Waals surface area contributed by atoms with Gasteiger partial charge in [-0.1, -0.05) is 127 Å². The molecule has 0 aromatic rings. The van der Waals surface area contributed by atoms with Gasteiger partial charge in [0.25, 0.3) is 0 Å². The largest absolute Gasteiger partial charge is 0.377 e. The van der Waals surface area contributed by atoms with Crippen molar-refractivity contribution in [2.24, 2.45) is 5.92 Å². The van der Waals surface area contributed by atoms with Gasteiger partial charge in [-0.15, -0.1) is 12.8 Å². The van der Waals surface area contributed by atoms with Crippen LogP contribution in [-0.2, 0) is 0 Å². The van der Waals surface area contributed by atoms with Gasteiger partial charge in [-0.25, -0.2) is 0 Å². The van der Waals surface area contributed by atoms with Crippen molar-refractivity contribution in [1.29, 1.82) is 0 Å². The van der Waals surface area contributed by atoms with Crippen LogP contribution in [0, 0.1) is 30.6 Å². The zero-order valence-corrected chi connectivity index (χ0v) is 21.5. The number of hydrogen-bond donors (Lipinski definition) is 2. The third-order valence-corrected chi connectivity index (χ3v) is 6.36. The third kappa shape index (κ3) is 25.0. The van der Waals surface area contributed by atoms with E-state index in [9.17, 15) is 10.2 Å². The molecule has 3 atom stereocenters. The van der Waals surface area contributed by atoms with Crippen LogP contribution in [0.3, 0.4) is 0 Å². The summed E-state index contributed by atoms with van der Waals surface area (Å²) in [5.74, 6) is 5.47. The smallest absolute Gasteiger partial charge is 0.133 e. The zero-order chi connectivity index (χ0) is 24.4. The third-order valence-electron chi connectivity index (χ3n) is 6.36. The minimum atomic E-state index is -0.719. The molecule has 0 amide bonds. The van der Waals surface area contributed by atoms with Crippen molar-refractivity contribution in [3.05, 3.63) is 24.3 Å². The van der Waals surface area contributed by atoms with E-state index < -0.39 is 12.2 Å². The Labute approximate surface area is 206 Å². The van der Waals surface area contributed by atoms with Gasteiger partial charge in [-0.2, -0.15) is 0 Å². The average molecular weight is 457 g/mol. The molecule has 2 N–H and O–H groups in total. The normalized spacial score (nSPS) is 14.3. The number of terminal acetylenes is 2. The second kappa shape index (κ2) is 25.1. The first-order valence-corrected chi connectivity index (χ1v) is 13.7. The van der Waals surface area contributed by atoms with E-state index in [0.717, 1.165) is 18.8 Å². The van der Waals surface area contributed by atoms with E-state index in [4.69, 9.17) is 12.8 Å². The molecule has 33 heavy (non-hydrogen) atoms. The van der Waals surface area contributed by atoms with Crippen LogP contribution < -0.4 is 0 Å². The van der Waals surface area contributed by atoms with Gasteiger partial charge in [0.1, 0.15) is 12.2 Å². The minimum absolute atomic E-state index is 0.718. The molecule has 0 saturated heterocycles. The summed E-state index contributed by atoms with van der Waals surface area (Å²) >= 11 is 0. The second-order valence-corrected chi connectivity index (χ2v) is 9.64. The van der Waals surface area contributed by atoms with Crippen LogP contribution in [0.4, 0.5) is 0 Å². The average Bonchev–Trinajstić information content (AvgIpc) is 2.82. The van der Waals surface area contributed by atoms with Gasteiger partial charge in [0.15, 0.2) is 0 Å². The van der Waals surface area contributed by atoms with Crippen molar-refractivity contribution in [2.45, 2.75) is 141 Å². The Kier molecular flexibility index (Phi) is 24.0. The Morgan fingerprint density at radius 1 is 0.545 bits per heavy atom. The molecule has 0 aromatic carbocycles. The molecule has 0 aliphatic heterocycles. The zero-order valence-electron chi connectivity index (χ0n) is 21.5. The SMILES string of the molecule is C#CC(O)C=CCCCCCCCCCCCC(C)CCCCCCCCC=CC(O)C#C. The van der Waals surface area contributed by atoms with E-state index >= 15 is 0 Å².